The third-order valence-corrected chi connectivity index (χ3v) is 7.22. The van der Waals surface area contributed by atoms with Crippen molar-refractivity contribution >= 4 is 33.2 Å². The van der Waals surface area contributed by atoms with Crippen LogP contribution < -0.4 is 5.32 Å². The van der Waals surface area contributed by atoms with Gasteiger partial charge in [-0.3, -0.25) is 4.79 Å². The lowest BCUT2D eigenvalue weighted by molar-refractivity contribution is -0.120. The van der Waals surface area contributed by atoms with Crippen LogP contribution >= 0.6 is 11.6 Å². The number of amides is 1. The first kappa shape index (κ1) is 22.7. The molecule has 1 saturated heterocycles. The molecule has 0 aliphatic carbocycles. The Balaban J connectivity index is 1.56. The summed E-state index contributed by atoms with van der Waals surface area (Å²) in [5.74, 6) is -0.308. The summed E-state index contributed by atoms with van der Waals surface area (Å²) >= 11 is 5.85. The number of carbonyl (C=O) groups is 1. The number of ether oxygens (including phenoxy) is 1. The number of halogens is 1. The molecule has 6 nitrogen and oxygen atoms in total. The molecule has 0 aromatic heterocycles. The number of sulfonamides is 1. The number of piperidine rings is 1. The molecular weight excluding hydrogens is 424 g/mol. The molecule has 0 radical (unpaired) electrons. The maximum absolute atomic E-state index is 12.8. The highest BCUT2D eigenvalue weighted by Crippen LogP contribution is 2.26. The molecule has 1 fully saturated rings. The number of nitrogens with one attached hydrogen (secondary N) is 1. The minimum absolute atomic E-state index is 0.0829. The second kappa shape index (κ2) is 9.92. The van der Waals surface area contributed by atoms with Crippen LogP contribution in [-0.2, 0) is 26.2 Å². The van der Waals surface area contributed by atoms with Gasteiger partial charge in [0.15, 0.2) is 0 Å². The van der Waals surface area contributed by atoms with Crippen LogP contribution in [0.3, 0.4) is 0 Å². The van der Waals surface area contributed by atoms with E-state index in [1.807, 2.05) is 38.1 Å². The lowest BCUT2D eigenvalue weighted by Gasteiger charge is -2.30. The van der Waals surface area contributed by atoms with E-state index in [9.17, 15) is 13.2 Å². The van der Waals surface area contributed by atoms with Crippen molar-refractivity contribution in [1.82, 2.24) is 4.31 Å². The molecule has 1 aliphatic rings. The molecule has 2 aromatic rings. The Morgan fingerprint density at radius 1 is 1.17 bits per heavy atom. The molecule has 162 valence electrons. The van der Waals surface area contributed by atoms with E-state index in [-0.39, 0.29) is 22.8 Å². The minimum atomic E-state index is -3.58. The van der Waals surface area contributed by atoms with Crippen molar-refractivity contribution in [1.29, 1.82) is 0 Å². The van der Waals surface area contributed by atoms with Crippen molar-refractivity contribution in [2.75, 3.05) is 18.4 Å². The Bertz CT molecular complexity index is 969. The zero-order valence-corrected chi connectivity index (χ0v) is 18.7. The quantitative estimate of drug-likeness (QED) is 0.682. The first-order valence-corrected chi connectivity index (χ1v) is 11.8. The topological polar surface area (TPSA) is 75.7 Å². The van der Waals surface area contributed by atoms with E-state index >= 15 is 0 Å². The Morgan fingerprint density at radius 3 is 2.47 bits per heavy atom. The lowest BCUT2D eigenvalue weighted by atomic mass is 9.97. The summed E-state index contributed by atoms with van der Waals surface area (Å²) in [5.41, 5.74) is 1.71. The van der Waals surface area contributed by atoms with Gasteiger partial charge in [0.1, 0.15) is 0 Å². The summed E-state index contributed by atoms with van der Waals surface area (Å²) in [6, 6.07) is 13.7. The van der Waals surface area contributed by atoms with Gasteiger partial charge in [-0.05, 0) is 68.7 Å². The zero-order valence-electron chi connectivity index (χ0n) is 17.2. The van der Waals surface area contributed by atoms with Crippen molar-refractivity contribution in [2.24, 2.45) is 5.92 Å². The van der Waals surface area contributed by atoms with Crippen molar-refractivity contribution in [3.63, 3.8) is 0 Å². The molecule has 3 rings (SSSR count). The van der Waals surface area contributed by atoms with E-state index in [1.165, 1.54) is 16.4 Å². The van der Waals surface area contributed by atoms with Gasteiger partial charge in [0, 0.05) is 29.7 Å². The molecule has 1 amide bonds. The van der Waals surface area contributed by atoms with E-state index in [0.29, 0.717) is 37.6 Å². The van der Waals surface area contributed by atoms with E-state index < -0.39 is 10.0 Å². The van der Waals surface area contributed by atoms with Crippen LogP contribution in [0.2, 0.25) is 5.02 Å². The van der Waals surface area contributed by atoms with Gasteiger partial charge < -0.3 is 10.1 Å². The fraction of sp³-hybridized carbons (Fsp3) is 0.409. The van der Waals surface area contributed by atoms with Crippen LogP contribution in [0, 0.1) is 5.92 Å². The maximum atomic E-state index is 12.8. The predicted molar refractivity (Wildman–Crippen MR) is 118 cm³/mol. The number of hydrogen-bond donors (Lipinski definition) is 1. The highest BCUT2D eigenvalue weighted by atomic mass is 35.5. The third kappa shape index (κ3) is 5.82. The molecule has 8 heteroatoms. The van der Waals surface area contributed by atoms with Crippen LogP contribution in [0.5, 0.6) is 0 Å². The summed E-state index contributed by atoms with van der Waals surface area (Å²) in [6.45, 7) is 5.06. The third-order valence-electron chi connectivity index (χ3n) is 5.05. The number of hydrogen-bond acceptors (Lipinski definition) is 4. The second-order valence-corrected chi connectivity index (χ2v) is 10.1. The van der Waals surface area contributed by atoms with Crippen LogP contribution in [-0.4, -0.2) is 37.8 Å². The Hall–Kier alpha value is -1.93. The maximum Gasteiger partial charge on any atom is 0.243 e. The van der Waals surface area contributed by atoms with E-state index in [1.54, 1.807) is 12.1 Å². The summed E-state index contributed by atoms with van der Waals surface area (Å²) in [7, 11) is -3.58. The van der Waals surface area contributed by atoms with Crippen molar-refractivity contribution in [3.8, 4) is 0 Å². The standard InChI is InChI=1S/C22H27ClN2O4S/c1-16(2)29-15-17-4-3-5-20(14-17)24-22(26)18-10-12-25(13-11-18)30(27,28)21-8-6-19(23)7-9-21/h3-9,14,16,18H,10-13,15H2,1-2H3,(H,24,26). The summed E-state index contributed by atoms with van der Waals surface area (Å²) in [4.78, 5) is 12.9. The number of nitrogens with zero attached hydrogens (tertiary/aromatic N) is 1. The van der Waals surface area contributed by atoms with Gasteiger partial charge in [-0.1, -0.05) is 23.7 Å². The SMILES string of the molecule is CC(C)OCc1cccc(NC(=O)C2CCN(S(=O)(=O)c3ccc(Cl)cc3)CC2)c1. The molecule has 2 aromatic carbocycles. The molecule has 0 atom stereocenters. The summed E-state index contributed by atoms with van der Waals surface area (Å²) < 4.78 is 32.6. The van der Waals surface area contributed by atoms with E-state index in [2.05, 4.69) is 5.32 Å². The molecule has 1 aliphatic heterocycles. The fourth-order valence-electron chi connectivity index (χ4n) is 3.36. The van der Waals surface area contributed by atoms with Crippen LogP contribution in [0.25, 0.3) is 0 Å². The fourth-order valence-corrected chi connectivity index (χ4v) is 4.96. The largest absolute Gasteiger partial charge is 0.374 e. The van der Waals surface area contributed by atoms with Gasteiger partial charge in [0.25, 0.3) is 0 Å². The van der Waals surface area contributed by atoms with Gasteiger partial charge in [-0.25, -0.2) is 8.42 Å². The Morgan fingerprint density at radius 2 is 1.83 bits per heavy atom. The second-order valence-electron chi connectivity index (χ2n) is 7.68. The van der Waals surface area contributed by atoms with Gasteiger partial charge in [0.05, 0.1) is 17.6 Å². The van der Waals surface area contributed by atoms with Gasteiger partial charge >= 0.3 is 0 Å². The molecule has 0 unspecified atom stereocenters. The zero-order chi connectivity index (χ0) is 21.7. The van der Waals surface area contributed by atoms with Crippen molar-refractivity contribution in [2.45, 2.75) is 44.3 Å². The van der Waals surface area contributed by atoms with Gasteiger partial charge in [-0.2, -0.15) is 4.31 Å². The minimum Gasteiger partial charge on any atom is -0.374 e. The van der Waals surface area contributed by atoms with Crippen molar-refractivity contribution < 1.29 is 17.9 Å². The Labute approximate surface area is 183 Å². The number of carbonyl (C=O) groups excluding carboxylic acids is 1. The molecule has 0 bridgehead atoms. The van der Waals surface area contributed by atoms with E-state index in [0.717, 1.165) is 11.3 Å². The lowest BCUT2D eigenvalue weighted by Crippen LogP contribution is -2.41. The first-order valence-electron chi connectivity index (χ1n) is 10.0. The average Bonchev–Trinajstić information content (AvgIpc) is 2.73. The number of rotatable bonds is 7. The number of benzene rings is 2. The van der Waals surface area contributed by atoms with Crippen LogP contribution in [0.15, 0.2) is 53.4 Å². The van der Waals surface area contributed by atoms with E-state index in [4.69, 9.17) is 16.3 Å². The molecule has 30 heavy (non-hydrogen) atoms. The predicted octanol–water partition coefficient (Wildman–Crippen LogP) is 4.30. The normalized spacial score (nSPS) is 16.0. The first-order chi connectivity index (χ1) is 14.3. The van der Waals surface area contributed by atoms with Crippen LogP contribution in [0.4, 0.5) is 5.69 Å². The molecule has 1 heterocycles. The smallest absolute Gasteiger partial charge is 0.243 e. The average molecular weight is 451 g/mol. The van der Waals surface area contributed by atoms with Crippen LogP contribution in [0.1, 0.15) is 32.3 Å². The molecule has 0 spiro atoms. The summed E-state index contributed by atoms with van der Waals surface area (Å²) in [6.07, 6.45) is 1.10. The summed E-state index contributed by atoms with van der Waals surface area (Å²) in [5, 5.41) is 3.44. The van der Waals surface area contributed by atoms with Gasteiger partial charge in [-0.15, -0.1) is 0 Å². The highest BCUT2D eigenvalue weighted by molar-refractivity contribution is 7.89. The Kier molecular flexibility index (Phi) is 7.52. The highest BCUT2D eigenvalue weighted by Gasteiger charge is 2.32. The molecular formula is C22H27ClN2O4S. The molecule has 1 N–H and O–H groups in total. The van der Waals surface area contributed by atoms with Crippen molar-refractivity contribution in [3.05, 3.63) is 59.1 Å². The number of anilines is 1. The molecule has 0 saturated carbocycles. The monoisotopic (exact) mass is 450 g/mol. The van der Waals surface area contributed by atoms with Gasteiger partial charge in [0.2, 0.25) is 15.9 Å².